The van der Waals surface area contributed by atoms with Gasteiger partial charge in [0.2, 0.25) is 0 Å². The summed E-state index contributed by atoms with van der Waals surface area (Å²) in [4.78, 5) is 15.1. The van der Waals surface area contributed by atoms with Crippen LogP contribution in [0, 0.1) is 0 Å². The molecular weight excluding hydrogens is 367 g/mol. The molecule has 2 N–H and O–H groups in total. The van der Waals surface area contributed by atoms with Crippen LogP contribution in [-0.4, -0.2) is 40.1 Å². The van der Waals surface area contributed by atoms with Crippen LogP contribution in [0.1, 0.15) is 23.3 Å². The van der Waals surface area contributed by atoms with E-state index in [2.05, 4.69) is 10.2 Å². The predicted octanol–water partition coefficient (Wildman–Crippen LogP) is 3.27. The Bertz CT molecular complexity index is 691. The van der Waals surface area contributed by atoms with Gasteiger partial charge in [0, 0.05) is 24.0 Å². The zero-order valence-electron chi connectivity index (χ0n) is 12.9. The Hall–Kier alpha value is -1.34. The number of piperidine rings is 1. The van der Waals surface area contributed by atoms with Gasteiger partial charge in [-0.1, -0.05) is 35.5 Å². The third-order valence-electron chi connectivity index (χ3n) is 3.74. The third kappa shape index (κ3) is 4.60. The predicted molar refractivity (Wildman–Crippen MR) is 98.0 cm³/mol. The maximum absolute atomic E-state index is 12.4. The molecule has 24 heavy (non-hydrogen) atoms. The van der Waals surface area contributed by atoms with Crippen LogP contribution in [0.25, 0.3) is 0 Å². The van der Waals surface area contributed by atoms with Crippen LogP contribution in [0.5, 0.6) is 0 Å². The van der Waals surface area contributed by atoms with Gasteiger partial charge in [-0.15, -0.1) is 22.6 Å². The molecule has 1 amide bonds. The van der Waals surface area contributed by atoms with Gasteiger partial charge < -0.3 is 10.6 Å². The lowest BCUT2D eigenvalue weighted by Crippen LogP contribution is -2.43. The van der Waals surface area contributed by atoms with Gasteiger partial charge in [-0.3, -0.25) is 4.79 Å². The molecule has 1 aliphatic heterocycles. The van der Waals surface area contributed by atoms with E-state index in [1.807, 2.05) is 24.3 Å². The van der Waals surface area contributed by atoms with Crippen LogP contribution < -0.4 is 5.73 Å². The molecule has 2 heterocycles. The monoisotopic (exact) mass is 384 g/mol. The number of carbonyl (C=O) groups excluding carboxylic acids is 1. The molecule has 8 heteroatoms. The molecule has 0 aliphatic carbocycles. The van der Waals surface area contributed by atoms with Gasteiger partial charge in [0.15, 0.2) is 5.69 Å². The minimum atomic E-state index is -0.0845. The second-order valence-corrected chi connectivity index (χ2v) is 6.89. The summed E-state index contributed by atoms with van der Waals surface area (Å²) < 4.78 is 0. The minimum absolute atomic E-state index is 0. The number of aromatic nitrogens is 2. The molecular formula is C16H18Cl2N4OS. The molecule has 128 valence electrons. The Morgan fingerprint density at radius 3 is 2.50 bits per heavy atom. The fourth-order valence-electron chi connectivity index (χ4n) is 2.39. The first-order chi connectivity index (χ1) is 11.1. The molecule has 0 bridgehead atoms. The van der Waals surface area contributed by atoms with E-state index in [1.165, 1.54) is 11.8 Å². The van der Waals surface area contributed by atoms with E-state index in [1.54, 1.807) is 17.0 Å². The van der Waals surface area contributed by atoms with E-state index >= 15 is 0 Å². The maximum atomic E-state index is 12.4. The first kappa shape index (κ1) is 19.0. The SMILES string of the molecule is Cl.NC1CCN(C(=O)c2ccc(Sc3ccccc3Cl)nn2)CC1. The minimum Gasteiger partial charge on any atom is -0.337 e. The van der Waals surface area contributed by atoms with E-state index in [4.69, 9.17) is 17.3 Å². The van der Waals surface area contributed by atoms with Crippen LogP contribution in [0.2, 0.25) is 5.02 Å². The van der Waals surface area contributed by atoms with Crippen molar-refractivity contribution in [2.45, 2.75) is 28.8 Å². The fraction of sp³-hybridized carbons (Fsp3) is 0.312. The lowest BCUT2D eigenvalue weighted by molar-refractivity contribution is 0.0707. The fourth-order valence-corrected chi connectivity index (χ4v) is 3.40. The average molecular weight is 385 g/mol. The normalized spacial score (nSPS) is 15.0. The molecule has 0 unspecified atom stereocenters. The highest BCUT2D eigenvalue weighted by atomic mass is 35.5. The van der Waals surface area contributed by atoms with Crippen LogP contribution >= 0.6 is 35.8 Å². The highest BCUT2D eigenvalue weighted by Crippen LogP contribution is 2.31. The van der Waals surface area contributed by atoms with Gasteiger partial charge in [0.1, 0.15) is 5.03 Å². The molecule has 0 spiro atoms. The van der Waals surface area contributed by atoms with Crippen LogP contribution in [0.4, 0.5) is 0 Å². The molecule has 1 aliphatic rings. The van der Waals surface area contributed by atoms with Crippen molar-refractivity contribution in [3.63, 3.8) is 0 Å². The summed E-state index contributed by atoms with van der Waals surface area (Å²) in [5.41, 5.74) is 6.23. The Balaban J connectivity index is 0.00000208. The lowest BCUT2D eigenvalue weighted by atomic mass is 10.1. The van der Waals surface area contributed by atoms with Gasteiger partial charge in [-0.05, 0) is 37.1 Å². The van der Waals surface area contributed by atoms with E-state index in [0.717, 1.165) is 17.7 Å². The van der Waals surface area contributed by atoms with E-state index in [-0.39, 0.29) is 24.4 Å². The number of hydrogen-bond acceptors (Lipinski definition) is 5. The molecule has 0 radical (unpaired) electrons. The molecule has 1 fully saturated rings. The van der Waals surface area contributed by atoms with Crippen molar-refractivity contribution in [2.75, 3.05) is 13.1 Å². The zero-order valence-corrected chi connectivity index (χ0v) is 15.3. The topological polar surface area (TPSA) is 72.1 Å². The molecule has 2 aromatic rings. The summed E-state index contributed by atoms with van der Waals surface area (Å²) in [6.45, 7) is 1.36. The molecule has 3 rings (SSSR count). The number of amides is 1. The Morgan fingerprint density at radius 2 is 1.88 bits per heavy atom. The van der Waals surface area contributed by atoms with Crippen molar-refractivity contribution >= 4 is 41.7 Å². The number of halogens is 2. The van der Waals surface area contributed by atoms with E-state index in [0.29, 0.717) is 28.8 Å². The number of carbonyl (C=O) groups is 1. The Kier molecular flexibility index (Phi) is 6.86. The van der Waals surface area contributed by atoms with Gasteiger partial charge in [0.25, 0.3) is 5.91 Å². The summed E-state index contributed by atoms with van der Waals surface area (Å²) in [6.07, 6.45) is 1.67. The number of likely N-dealkylation sites (tertiary alicyclic amines) is 1. The second-order valence-electron chi connectivity index (χ2n) is 5.42. The lowest BCUT2D eigenvalue weighted by Gasteiger charge is -2.29. The first-order valence-corrected chi connectivity index (χ1v) is 8.64. The summed E-state index contributed by atoms with van der Waals surface area (Å²) in [6, 6.07) is 11.2. The van der Waals surface area contributed by atoms with Gasteiger partial charge >= 0.3 is 0 Å². The summed E-state index contributed by atoms with van der Waals surface area (Å²) >= 11 is 7.55. The molecule has 1 aromatic carbocycles. The van der Waals surface area contributed by atoms with Crippen molar-refractivity contribution in [3.8, 4) is 0 Å². The number of nitrogens with zero attached hydrogens (tertiary/aromatic N) is 3. The zero-order chi connectivity index (χ0) is 16.2. The number of rotatable bonds is 3. The van der Waals surface area contributed by atoms with Crippen molar-refractivity contribution in [2.24, 2.45) is 5.73 Å². The van der Waals surface area contributed by atoms with Crippen LogP contribution in [0.3, 0.4) is 0 Å². The molecule has 1 aromatic heterocycles. The number of benzene rings is 1. The average Bonchev–Trinajstić information content (AvgIpc) is 2.58. The highest BCUT2D eigenvalue weighted by Gasteiger charge is 2.22. The number of hydrogen-bond donors (Lipinski definition) is 1. The van der Waals surface area contributed by atoms with Crippen molar-refractivity contribution < 1.29 is 4.79 Å². The largest absolute Gasteiger partial charge is 0.337 e. The maximum Gasteiger partial charge on any atom is 0.274 e. The van der Waals surface area contributed by atoms with E-state index < -0.39 is 0 Å². The van der Waals surface area contributed by atoms with Crippen molar-refractivity contribution in [1.82, 2.24) is 15.1 Å². The smallest absolute Gasteiger partial charge is 0.274 e. The Morgan fingerprint density at radius 1 is 1.17 bits per heavy atom. The van der Waals surface area contributed by atoms with Crippen molar-refractivity contribution in [1.29, 1.82) is 0 Å². The van der Waals surface area contributed by atoms with Crippen molar-refractivity contribution in [3.05, 3.63) is 47.1 Å². The molecule has 0 atom stereocenters. The molecule has 5 nitrogen and oxygen atoms in total. The summed E-state index contributed by atoms with van der Waals surface area (Å²) in [5, 5.41) is 9.56. The first-order valence-electron chi connectivity index (χ1n) is 7.44. The second kappa shape index (κ2) is 8.67. The van der Waals surface area contributed by atoms with E-state index in [9.17, 15) is 4.79 Å². The van der Waals surface area contributed by atoms with Gasteiger partial charge in [-0.25, -0.2) is 0 Å². The quantitative estimate of drug-likeness (QED) is 0.878. The third-order valence-corrected chi connectivity index (χ3v) is 5.18. The summed E-state index contributed by atoms with van der Waals surface area (Å²) in [7, 11) is 0. The standard InChI is InChI=1S/C16H17ClN4OS.ClH/c17-12-3-1-2-4-14(12)23-15-6-5-13(19-20-15)16(22)21-9-7-11(18)8-10-21;/h1-6,11H,7-10,18H2;1H. The number of nitrogens with two attached hydrogens (primary N) is 1. The summed E-state index contributed by atoms with van der Waals surface area (Å²) in [5.74, 6) is -0.0845. The Labute approximate surface area is 156 Å². The molecule has 1 saturated heterocycles. The van der Waals surface area contributed by atoms with Crippen LogP contribution in [-0.2, 0) is 0 Å². The van der Waals surface area contributed by atoms with Gasteiger partial charge in [0.05, 0.1) is 5.02 Å². The van der Waals surface area contributed by atoms with Gasteiger partial charge in [-0.2, -0.15) is 0 Å². The van der Waals surface area contributed by atoms with Crippen LogP contribution in [0.15, 0.2) is 46.3 Å². The highest BCUT2D eigenvalue weighted by molar-refractivity contribution is 7.99. The molecule has 0 saturated carbocycles.